The quantitative estimate of drug-likeness (QED) is 0.369. The molecule has 4 aromatic rings. The van der Waals surface area contributed by atoms with Crippen LogP contribution in [0.1, 0.15) is 10.4 Å². The van der Waals surface area contributed by atoms with E-state index in [1.165, 1.54) is 0 Å². The molecule has 1 aromatic heterocycles. The molecule has 0 aliphatic carbocycles. The number of nitrogen functional groups attached to an aromatic ring is 1. The average Bonchev–Trinajstić information content (AvgIpc) is 3.11. The Bertz CT molecular complexity index is 1070. The van der Waals surface area contributed by atoms with E-state index in [1.807, 2.05) is 42.5 Å². The van der Waals surface area contributed by atoms with Gasteiger partial charge in [-0.2, -0.15) is 0 Å². The summed E-state index contributed by atoms with van der Waals surface area (Å²) in [4.78, 5) is 0.797. The molecule has 0 atom stereocenters. The van der Waals surface area contributed by atoms with Crippen molar-refractivity contribution in [3.8, 4) is 16.9 Å². The average molecular weight is 358 g/mol. The molecule has 0 aliphatic heterocycles. The van der Waals surface area contributed by atoms with E-state index < -0.39 is 0 Å². The number of benzene rings is 3. The normalized spacial score (nSPS) is 10.8. The molecule has 4 heteroatoms. The number of para-hydroxylation sites is 1. The van der Waals surface area contributed by atoms with Crippen LogP contribution in [0.4, 0.5) is 0 Å². The second-order valence-corrected chi connectivity index (χ2v) is 7.13. The summed E-state index contributed by atoms with van der Waals surface area (Å²) in [6.07, 6.45) is 0. The summed E-state index contributed by atoms with van der Waals surface area (Å²) in [6, 6.07) is 26.5. The van der Waals surface area contributed by atoms with Crippen LogP contribution in [0.5, 0.6) is 5.75 Å². The minimum absolute atomic E-state index is 0.111. The highest BCUT2D eigenvalue weighted by atomic mass is 32.1. The van der Waals surface area contributed by atoms with Crippen molar-refractivity contribution in [1.82, 2.24) is 0 Å². The third-order valence-corrected chi connectivity index (χ3v) is 5.37. The van der Waals surface area contributed by atoms with Crippen molar-refractivity contribution in [3.05, 3.63) is 89.3 Å². The number of amidine groups is 1. The summed E-state index contributed by atoms with van der Waals surface area (Å²) in [6.45, 7) is 0.535. The van der Waals surface area contributed by atoms with Gasteiger partial charge in [-0.15, -0.1) is 11.3 Å². The summed E-state index contributed by atoms with van der Waals surface area (Å²) in [5.41, 5.74) is 8.91. The lowest BCUT2D eigenvalue weighted by molar-refractivity contribution is 0.307. The van der Waals surface area contributed by atoms with Gasteiger partial charge in [-0.05, 0) is 40.8 Å². The van der Waals surface area contributed by atoms with Crippen LogP contribution < -0.4 is 10.5 Å². The summed E-state index contributed by atoms with van der Waals surface area (Å²) in [5, 5.41) is 8.72. The predicted octanol–water partition coefficient (Wildman–Crippen LogP) is 5.43. The topological polar surface area (TPSA) is 59.1 Å². The van der Waals surface area contributed by atoms with Gasteiger partial charge in [0.25, 0.3) is 0 Å². The maximum Gasteiger partial charge on any atom is 0.133 e. The first-order valence-electron chi connectivity index (χ1n) is 8.35. The van der Waals surface area contributed by atoms with Crippen molar-refractivity contribution in [1.29, 1.82) is 5.41 Å². The van der Waals surface area contributed by atoms with Gasteiger partial charge in [0.1, 0.15) is 18.2 Å². The fourth-order valence-corrected chi connectivity index (χ4v) is 3.81. The van der Waals surface area contributed by atoms with E-state index in [0.717, 1.165) is 37.4 Å². The zero-order chi connectivity index (χ0) is 17.9. The molecule has 4 rings (SSSR count). The number of thiophene rings is 1. The Hall–Kier alpha value is -3.11. The molecule has 128 valence electrons. The van der Waals surface area contributed by atoms with Crippen LogP contribution in [0.3, 0.4) is 0 Å². The smallest absolute Gasteiger partial charge is 0.133 e. The standard InChI is InChI=1S/C22H18N2OS/c23-22(24)21-13-17-12-16(10-11-20(17)26-21)18-8-4-5-9-19(18)25-14-15-6-2-1-3-7-15/h1-13H,14H2,(H3,23,24). The lowest BCUT2D eigenvalue weighted by atomic mass is 10.0. The second kappa shape index (κ2) is 7.02. The molecule has 0 fully saturated rings. The Labute approximate surface area is 156 Å². The van der Waals surface area contributed by atoms with Gasteiger partial charge in [-0.3, -0.25) is 5.41 Å². The molecule has 0 unspecified atom stereocenters. The molecule has 0 radical (unpaired) electrons. The summed E-state index contributed by atoms with van der Waals surface area (Å²) in [7, 11) is 0. The molecule has 0 bridgehead atoms. The van der Waals surface area contributed by atoms with Crippen molar-refractivity contribution >= 4 is 27.3 Å². The van der Waals surface area contributed by atoms with E-state index in [2.05, 4.69) is 36.4 Å². The number of ether oxygens (including phenoxy) is 1. The Kier molecular flexibility index (Phi) is 4.42. The number of rotatable bonds is 5. The Morgan fingerprint density at radius 2 is 1.69 bits per heavy atom. The molecule has 0 aliphatic rings. The van der Waals surface area contributed by atoms with Crippen LogP contribution in [0, 0.1) is 5.41 Å². The first-order chi connectivity index (χ1) is 12.7. The number of fused-ring (bicyclic) bond motifs is 1. The Morgan fingerprint density at radius 1 is 0.923 bits per heavy atom. The SMILES string of the molecule is N=C(N)c1cc2cc(-c3ccccc3OCc3ccccc3)ccc2s1. The van der Waals surface area contributed by atoms with Crippen molar-refractivity contribution in [3.63, 3.8) is 0 Å². The van der Waals surface area contributed by atoms with Gasteiger partial charge < -0.3 is 10.5 Å². The van der Waals surface area contributed by atoms with Crippen LogP contribution in [-0.2, 0) is 6.61 Å². The van der Waals surface area contributed by atoms with Gasteiger partial charge in [-0.1, -0.05) is 54.6 Å². The van der Waals surface area contributed by atoms with Gasteiger partial charge in [0.15, 0.2) is 0 Å². The molecule has 26 heavy (non-hydrogen) atoms. The molecule has 0 amide bonds. The van der Waals surface area contributed by atoms with E-state index in [-0.39, 0.29) is 5.84 Å². The molecule has 3 nitrogen and oxygen atoms in total. The molecule has 3 N–H and O–H groups in total. The molecule has 0 saturated carbocycles. The van der Waals surface area contributed by atoms with Crippen LogP contribution in [0.2, 0.25) is 0 Å². The fourth-order valence-electron chi connectivity index (χ4n) is 2.91. The number of nitrogens with two attached hydrogens (primary N) is 1. The minimum Gasteiger partial charge on any atom is -0.488 e. The van der Waals surface area contributed by atoms with Gasteiger partial charge in [0.05, 0.1) is 4.88 Å². The number of hydrogen-bond acceptors (Lipinski definition) is 3. The van der Waals surface area contributed by atoms with Crippen molar-refractivity contribution in [2.24, 2.45) is 5.73 Å². The molecule has 0 saturated heterocycles. The van der Waals surface area contributed by atoms with E-state index >= 15 is 0 Å². The van der Waals surface area contributed by atoms with E-state index in [9.17, 15) is 0 Å². The fraction of sp³-hybridized carbons (Fsp3) is 0.0455. The Balaban J connectivity index is 1.67. The monoisotopic (exact) mass is 358 g/mol. The molecular weight excluding hydrogens is 340 g/mol. The highest BCUT2D eigenvalue weighted by molar-refractivity contribution is 7.20. The zero-order valence-electron chi connectivity index (χ0n) is 14.1. The van der Waals surface area contributed by atoms with Crippen LogP contribution >= 0.6 is 11.3 Å². The molecule has 1 heterocycles. The van der Waals surface area contributed by atoms with Crippen molar-refractivity contribution < 1.29 is 4.74 Å². The number of hydrogen-bond donors (Lipinski definition) is 2. The maximum absolute atomic E-state index is 7.62. The predicted molar refractivity (Wildman–Crippen MR) is 109 cm³/mol. The maximum atomic E-state index is 7.62. The third kappa shape index (κ3) is 3.32. The first-order valence-corrected chi connectivity index (χ1v) is 9.16. The second-order valence-electron chi connectivity index (χ2n) is 6.05. The van der Waals surface area contributed by atoms with Gasteiger partial charge >= 0.3 is 0 Å². The van der Waals surface area contributed by atoms with Crippen molar-refractivity contribution in [2.45, 2.75) is 6.61 Å². The van der Waals surface area contributed by atoms with Crippen molar-refractivity contribution in [2.75, 3.05) is 0 Å². The van der Waals surface area contributed by atoms with Gasteiger partial charge in [0.2, 0.25) is 0 Å². The van der Waals surface area contributed by atoms with Gasteiger partial charge in [-0.25, -0.2) is 0 Å². The van der Waals surface area contributed by atoms with Crippen LogP contribution in [0.15, 0.2) is 78.9 Å². The highest BCUT2D eigenvalue weighted by Crippen LogP contribution is 2.34. The Morgan fingerprint density at radius 3 is 2.50 bits per heavy atom. The highest BCUT2D eigenvalue weighted by Gasteiger charge is 2.09. The molecular formula is C22H18N2OS. The molecule has 3 aromatic carbocycles. The zero-order valence-corrected chi connectivity index (χ0v) is 14.9. The summed E-state index contributed by atoms with van der Waals surface area (Å²) < 4.78 is 7.21. The lowest BCUT2D eigenvalue weighted by Crippen LogP contribution is -2.08. The minimum atomic E-state index is 0.111. The third-order valence-electron chi connectivity index (χ3n) is 4.22. The van der Waals surface area contributed by atoms with Crippen LogP contribution in [0.25, 0.3) is 21.2 Å². The van der Waals surface area contributed by atoms with Crippen LogP contribution in [-0.4, -0.2) is 5.84 Å². The molecule has 0 spiro atoms. The van der Waals surface area contributed by atoms with E-state index in [0.29, 0.717) is 6.61 Å². The summed E-state index contributed by atoms with van der Waals surface area (Å²) >= 11 is 1.54. The van der Waals surface area contributed by atoms with E-state index in [1.54, 1.807) is 11.3 Å². The largest absolute Gasteiger partial charge is 0.488 e. The van der Waals surface area contributed by atoms with Gasteiger partial charge in [0, 0.05) is 10.3 Å². The number of nitrogens with one attached hydrogen (secondary N) is 1. The first kappa shape index (κ1) is 16.4. The summed E-state index contributed by atoms with van der Waals surface area (Å²) in [5.74, 6) is 0.970. The van der Waals surface area contributed by atoms with E-state index in [4.69, 9.17) is 15.9 Å². The lowest BCUT2D eigenvalue weighted by Gasteiger charge is -2.12.